The Hall–Kier alpha value is -3.35. The first-order valence-corrected chi connectivity index (χ1v) is 8.58. The fourth-order valence-electron chi connectivity index (χ4n) is 2.66. The van der Waals surface area contributed by atoms with Gasteiger partial charge in [-0.3, -0.25) is 9.78 Å². The zero-order valence-corrected chi connectivity index (χ0v) is 15.5. The Kier molecular flexibility index (Phi) is 5.71. The van der Waals surface area contributed by atoms with Crippen LogP contribution in [-0.2, 0) is 6.42 Å². The largest absolute Gasteiger partial charge is 0.497 e. The van der Waals surface area contributed by atoms with E-state index in [-0.39, 0.29) is 11.6 Å². The molecule has 0 fully saturated rings. The van der Waals surface area contributed by atoms with Crippen LogP contribution >= 0.6 is 0 Å². The zero-order chi connectivity index (χ0) is 19.2. The van der Waals surface area contributed by atoms with Crippen LogP contribution in [0.2, 0.25) is 0 Å². The highest BCUT2D eigenvalue weighted by Gasteiger charge is 2.10. The number of H-pyrrole nitrogens is 1. The molecule has 3 aromatic rings. The van der Waals surface area contributed by atoms with Crippen LogP contribution in [0.5, 0.6) is 11.5 Å². The third-order valence-corrected chi connectivity index (χ3v) is 4.26. The first-order valence-electron chi connectivity index (χ1n) is 8.58. The lowest BCUT2D eigenvalue weighted by Crippen LogP contribution is -2.21. The van der Waals surface area contributed by atoms with Crippen molar-refractivity contribution in [1.82, 2.24) is 15.2 Å². The summed E-state index contributed by atoms with van der Waals surface area (Å²) in [5.74, 6) is 1.90. The highest BCUT2D eigenvalue weighted by molar-refractivity contribution is 5.34. The van der Waals surface area contributed by atoms with Crippen molar-refractivity contribution < 1.29 is 9.47 Å². The molecule has 1 unspecified atom stereocenters. The van der Waals surface area contributed by atoms with Crippen molar-refractivity contribution in [1.29, 1.82) is 0 Å². The van der Waals surface area contributed by atoms with Crippen molar-refractivity contribution in [3.63, 3.8) is 0 Å². The number of aromatic amines is 1. The van der Waals surface area contributed by atoms with E-state index in [1.165, 1.54) is 0 Å². The lowest BCUT2D eigenvalue weighted by atomic mass is 10.1. The van der Waals surface area contributed by atoms with Gasteiger partial charge in [0.25, 0.3) is 5.56 Å². The van der Waals surface area contributed by atoms with Gasteiger partial charge in [0.1, 0.15) is 17.2 Å². The predicted octanol–water partition coefficient (Wildman–Crippen LogP) is 2.95. The molecule has 0 spiro atoms. The second kappa shape index (κ2) is 8.35. The minimum Gasteiger partial charge on any atom is -0.497 e. The monoisotopic (exact) mass is 366 g/mol. The van der Waals surface area contributed by atoms with Gasteiger partial charge >= 0.3 is 0 Å². The van der Waals surface area contributed by atoms with E-state index in [0.29, 0.717) is 18.1 Å². The van der Waals surface area contributed by atoms with Crippen LogP contribution in [0.1, 0.15) is 29.8 Å². The molecule has 2 N–H and O–H groups in total. The van der Waals surface area contributed by atoms with Crippen molar-refractivity contribution >= 4 is 5.95 Å². The first kappa shape index (κ1) is 18.4. The first-order chi connectivity index (χ1) is 13.1. The van der Waals surface area contributed by atoms with Crippen LogP contribution < -0.4 is 20.3 Å². The van der Waals surface area contributed by atoms with Gasteiger partial charge in [0.15, 0.2) is 0 Å². The van der Waals surface area contributed by atoms with E-state index in [0.717, 1.165) is 22.6 Å². The molecule has 1 aromatic heterocycles. The molecule has 1 heterocycles. The summed E-state index contributed by atoms with van der Waals surface area (Å²) in [6, 6.07) is 15.1. The van der Waals surface area contributed by atoms with Crippen LogP contribution in [0, 0.1) is 0 Å². The Morgan fingerprint density at radius 2 is 1.56 bits per heavy atom. The Bertz CT molecular complexity index is 937. The van der Waals surface area contributed by atoms with Crippen molar-refractivity contribution in [2.75, 3.05) is 19.5 Å². The van der Waals surface area contributed by atoms with Gasteiger partial charge in [-0.05, 0) is 42.3 Å². The van der Waals surface area contributed by atoms with Gasteiger partial charge in [0.2, 0.25) is 5.95 Å². The van der Waals surface area contributed by atoms with E-state index in [1.54, 1.807) is 14.2 Å². The molecule has 0 bridgehead atoms. The molecule has 0 radical (unpaired) electrons. The number of anilines is 1. The molecular weight excluding hydrogens is 344 g/mol. The summed E-state index contributed by atoms with van der Waals surface area (Å²) in [6.45, 7) is 1.98. The number of rotatable bonds is 7. The van der Waals surface area contributed by atoms with E-state index in [9.17, 15) is 4.79 Å². The summed E-state index contributed by atoms with van der Waals surface area (Å²) in [7, 11) is 3.24. The van der Waals surface area contributed by atoms with Crippen molar-refractivity contribution in [3.8, 4) is 11.5 Å². The van der Waals surface area contributed by atoms with E-state index < -0.39 is 0 Å². The van der Waals surface area contributed by atoms with Crippen LogP contribution in [0.25, 0.3) is 0 Å². The summed E-state index contributed by atoms with van der Waals surface area (Å²) in [5.41, 5.74) is 2.11. The zero-order valence-electron chi connectivity index (χ0n) is 15.5. The standard InChI is InChI=1S/C20H22N4O3/c1-13(15-6-10-17(27-3)11-7-15)21-20-22-19(25)18(23-24-20)12-14-4-8-16(26-2)9-5-14/h4-11,13H,12H2,1-3H3,(H2,21,22,24,25). The molecule has 0 saturated carbocycles. The van der Waals surface area contributed by atoms with Gasteiger partial charge in [-0.25, -0.2) is 0 Å². The summed E-state index contributed by atoms with van der Waals surface area (Å²) in [4.78, 5) is 15.1. The van der Waals surface area contributed by atoms with Crippen molar-refractivity contribution in [2.45, 2.75) is 19.4 Å². The van der Waals surface area contributed by atoms with Crippen molar-refractivity contribution in [2.24, 2.45) is 0 Å². The molecule has 2 aromatic carbocycles. The summed E-state index contributed by atoms with van der Waals surface area (Å²) in [6.07, 6.45) is 0.403. The number of hydrogen-bond donors (Lipinski definition) is 2. The normalized spacial score (nSPS) is 11.7. The minimum atomic E-state index is -0.259. The number of methoxy groups -OCH3 is 2. The average molecular weight is 366 g/mol. The highest BCUT2D eigenvalue weighted by atomic mass is 16.5. The molecule has 140 valence electrons. The summed E-state index contributed by atoms with van der Waals surface area (Å²) < 4.78 is 10.3. The maximum absolute atomic E-state index is 12.3. The number of hydrogen-bond acceptors (Lipinski definition) is 6. The molecular formula is C20H22N4O3. The third-order valence-electron chi connectivity index (χ3n) is 4.26. The third kappa shape index (κ3) is 4.63. The smallest absolute Gasteiger partial charge is 0.274 e. The Morgan fingerprint density at radius 3 is 2.11 bits per heavy atom. The molecule has 0 aliphatic rings. The topological polar surface area (TPSA) is 89.1 Å². The molecule has 0 aliphatic heterocycles. The lowest BCUT2D eigenvalue weighted by molar-refractivity contribution is 0.414. The molecule has 0 amide bonds. The van der Waals surface area contributed by atoms with E-state index in [1.807, 2.05) is 55.5 Å². The summed E-state index contributed by atoms with van der Waals surface area (Å²) in [5, 5.41) is 11.3. The maximum atomic E-state index is 12.3. The quantitative estimate of drug-likeness (QED) is 0.668. The minimum absolute atomic E-state index is 0.0479. The maximum Gasteiger partial charge on any atom is 0.274 e. The van der Waals surface area contributed by atoms with E-state index in [4.69, 9.17) is 9.47 Å². The molecule has 1 atom stereocenters. The van der Waals surface area contributed by atoms with Crippen LogP contribution in [0.3, 0.4) is 0 Å². The number of benzene rings is 2. The molecule has 3 rings (SSSR count). The second-order valence-electron chi connectivity index (χ2n) is 6.11. The van der Waals surface area contributed by atoms with Crippen LogP contribution in [0.4, 0.5) is 5.95 Å². The van der Waals surface area contributed by atoms with Gasteiger partial charge in [0.05, 0.1) is 20.3 Å². The molecule has 0 saturated heterocycles. The molecule has 7 nitrogen and oxygen atoms in total. The van der Waals surface area contributed by atoms with Crippen LogP contribution in [0.15, 0.2) is 53.3 Å². The lowest BCUT2D eigenvalue weighted by Gasteiger charge is -2.14. The fourth-order valence-corrected chi connectivity index (χ4v) is 2.66. The SMILES string of the molecule is COc1ccc(Cc2nnc(NC(C)c3ccc(OC)cc3)[nH]c2=O)cc1. The van der Waals surface area contributed by atoms with Gasteiger partial charge in [-0.1, -0.05) is 24.3 Å². The number of nitrogens with zero attached hydrogens (tertiary/aromatic N) is 2. The number of nitrogens with one attached hydrogen (secondary N) is 2. The predicted molar refractivity (Wildman–Crippen MR) is 103 cm³/mol. The van der Waals surface area contributed by atoms with E-state index in [2.05, 4.69) is 20.5 Å². The van der Waals surface area contributed by atoms with Crippen LogP contribution in [-0.4, -0.2) is 29.4 Å². The average Bonchev–Trinajstić information content (AvgIpc) is 2.70. The van der Waals surface area contributed by atoms with E-state index >= 15 is 0 Å². The second-order valence-corrected chi connectivity index (χ2v) is 6.11. The van der Waals surface area contributed by atoms with Gasteiger partial charge in [-0.15, -0.1) is 10.2 Å². The van der Waals surface area contributed by atoms with Gasteiger partial charge in [0, 0.05) is 6.42 Å². The summed E-state index contributed by atoms with van der Waals surface area (Å²) >= 11 is 0. The van der Waals surface area contributed by atoms with Gasteiger partial charge < -0.3 is 14.8 Å². The Labute approximate surface area is 157 Å². The van der Waals surface area contributed by atoms with Crippen molar-refractivity contribution in [3.05, 3.63) is 75.7 Å². The number of ether oxygens (including phenoxy) is 2. The molecule has 0 aliphatic carbocycles. The molecule has 27 heavy (non-hydrogen) atoms. The fraction of sp³-hybridized carbons (Fsp3) is 0.250. The number of aromatic nitrogens is 3. The Morgan fingerprint density at radius 1 is 0.963 bits per heavy atom. The molecule has 7 heteroatoms. The highest BCUT2D eigenvalue weighted by Crippen LogP contribution is 2.19. The Balaban J connectivity index is 1.68. The van der Waals surface area contributed by atoms with Gasteiger partial charge in [-0.2, -0.15) is 0 Å².